The average Bonchev–Trinajstić information content (AvgIpc) is 2.89. The first-order valence-corrected chi connectivity index (χ1v) is 8.05. The standard InChI is InChI=1S/C15H11N3S2/c1-19-11-6-7-13-14(8-11)20-15(18-13)17-12-5-3-2-4-10(12)9-16/h2-8H,1H3,(H,17,18). The molecule has 0 radical (unpaired) electrons. The van der Waals surface area contributed by atoms with Crippen LogP contribution in [0.15, 0.2) is 47.4 Å². The van der Waals surface area contributed by atoms with Crippen LogP contribution in [-0.4, -0.2) is 11.2 Å². The van der Waals surface area contributed by atoms with Crippen LogP contribution in [0.4, 0.5) is 10.8 Å². The second-order valence-electron chi connectivity index (χ2n) is 4.14. The summed E-state index contributed by atoms with van der Waals surface area (Å²) in [5, 5.41) is 13.1. The van der Waals surface area contributed by atoms with Gasteiger partial charge in [-0.1, -0.05) is 23.5 Å². The molecule has 20 heavy (non-hydrogen) atoms. The maximum Gasteiger partial charge on any atom is 0.188 e. The summed E-state index contributed by atoms with van der Waals surface area (Å²) in [7, 11) is 0. The average molecular weight is 297 g/mol. The number of anilines is 2. The molecule has 98 valence electrons. The van der Waals surface area contributed by atoms with Crippen LogP contribution < -0.4 is 5.32 Å². The van der Waals surface area contributed by atoms with Gasteiger partial charge in [0.2, 0.25) is 0 Å². The number of hydrogen-bond donors (Lipinski definition) is 1. The number of nitrogens with zero attached hydrogens (tertiary/aromatic N) is 2. The van der Waals surface area contributed by atoms with Crippen molar-refractivity contribution < 1.29 is 0 Å². The molecule has 0 amide bonds. The molecule has 0 unspecified atom stereocenters. The van der Waals surface area contributed by atoms with Crippen molar-refractivity contribution in [2.45, 2.75) is 4.90 Å². The summed E-state index contributed by atoms with van der Waals surface area (Å²) in [4.78, 5) is 5.77. The summed E-state index contributed by atoms with van der Waals surface area (Å²) in [6.07, 6.45) is 2.06. The quantitative estimate of drug-likeness (QED) is 0.716. The zero-order valence-electron chi connectivity index (χ0n) is 10.8. The summed E-state index contributed by atoms with van der Waals surface area (Å²) in [6, 6.07) is 15.9. The molecule has 0 saturated carbocycles. The number of nitrogens with one attached hydrogen (secondary N) is 1. The number of thiazole rings is 1. The largest absolute Gasteiger partial charge is 0.330 e. The molecule has 0 aliphatic heterocycles. The minimum absolute atomic E-state index is 0.622. The zero-order valence-corrected chi connectivity index (χ0v) is 12.4. The Labute approximate surface area is 125 Å². The summed E-state index contributed by atoms with van der Waals surface area (Å²) in [5.74, 6) is 0. The molecule has 3 rings (SSSR count). The second kappa shape index (κ2) is 5.53. The van der Waals surface area contributed by atoms with Crippen LogP contribution >= 0.6 is 23.1 Å². The zero-order chi connectivity index (χ0) is 13.9. The predicted octanol–water partition coefficient (Wildman–Crippen LogP) is 4.63. The number of rotatable bonds is 3. The Kier molecular flexibility index (Phi) is 3.59. The van der Waals surface area contributed by atoms with Crippen molar-refractivity contribution in [3.63, 3.8) is 0 Å². The Morgan fingerprint density at radius 3 is 2.90 bits per heavy atom. The van der Waals surface area contributed by atoms with Gasteiger partial charge >= 0.3 is 0 Å². The van der Waals surface area contributed by atoms with Gasteiger partial charge in [0.1, 0.15) is 6.07 Å². The molecule has 0 spiro atoms. The lowest BCUT2D eigenvalue weighted by atomic mass is 10.2. The highest BCUT2D eigenvalue weighted by Gasteiger charge is 2.07. The lowest BCUT2D eigenvalue weighted by molar-refractivity contribution is 1.41. The van der Waals surface area contributed by atoms with E-state index in [1.807, 2.05) is 24.3 Å². The van der Waals surface area contributed by atoms with Crippen LogP contribution in [0.3, 0.4) is 0 Å². The maximum atomic E-state index is 9.09. The van der Waals surface area contributed by atoms with Crippen molar-refractivity contribution in [1.82, 2.24) is 4.98 Å². The van der Waals surface area contributed by atoms with Gasteiger partial charge in [-0.3, -0.25) is 0 Å². The Balaban J connectivity index is 1.97. The van der Waals surface area contributed by atoms with Gasteiger partial charge in [-0.05, 0) is 36.6 Å². The van der Waals surface area contributed by atoms with E-state index in [4.69, 9.17) is 5.26 Å². The van der Waals surface area contributed by atoms with Gasteiger partial charge in [0.05, 0.1) is 21.5 Å². The van der Waals surface area contributed by atoms with Gasteiger partial charge in [-0.15, -0.1) is 11.8 Å². The van der Waals surface area contributed by atoms with Crippen molar-refractivity contribution in [2.75, 3.05) is 11.6 Å². The monoisotopic (exact) mass is 297 g/mol. The van der Waals surface area contributed by atoms with Crippen molar-refractivity contribution in [3.05, 3.63) is 48.0 Å². The van der Waals surface area contributed by atoms with Crippen molar-refractivity contribution in [3.8, 4) is 6.07 Å². The van der Waals surface area contributed by atoms with E-state index in [-0.39, 0.29) is 0 Å². The molecule has 0 fully saturated rings. The SMILES string of the molecule is CSc1ccc2nc(Nc3ccccc3C#N)sc2c1. The number of aromatic nitrogens is 1. The predicted molar refractivity (Wildman–Crippen MR) is 85.8 cm³/mol. The number of hydrogen-bond acceptors (Lipinski definition) is 5. The summed E-state index contributed by atoms with van der Waals surface area (Å²) >= 11 is 3.31. The van der Waals surface area contributed by atoms with Gasteiger partial charge in [-0.2, -0.15) is 5.26 Å². The molecule has 5 heteroatoms. The van der Waals surface area contributed by atoms with Crippen LogP contribution in [0.5, 0.6) is 0 Å². The minimum atomic E-state index is 0.622. The van der Waals surface area contributed by atoms with E-state index in [9.17, 15) is 0 Å². The van der Waals surface area contributed by atoms with E-state index in [2.05, 4.69) is 34.8 Å². The van der Waals surface area contributed by atoms with E-state index >= 15 is 0 Å². The van der Waals surface area contributed by atoms with E-state index in [1.54, 1.807) is 29.2 Å². The molecular weight excluding hydrogens is 286 g/mol. The van der Waals surface area contributed by atoms with Crippen LogP contribution in [0.2, 0.25) is 0 Å². The highest BCUT2D eigenvalue weighted by Crippen LogP contribution is 2.31. The molecule has 3 nitrogen and oxygen atoms in total. The molecular formula is C15H11N3S2. The molecule has 3 aromatic rings. The summed E-state index contributed by atoms with van der Waals surface area (Å²) < 4.78 is 1.15. The smallest absolute Gasteiger partial charge is 0.188 e. The Morgan fingerprint density at radius 1 is 1.25 bits per heavy atom. The van der Waals surface area contributed by atoms with E-state index < -0.39 is 0 Å². The third-order valence-corrected chi connectivity index (χ3v) is 4.54. The molecule has 0 atom stereocenters. The Bertz CT molecular complexity index is 802. The van der Waals surface area contributed by atoms with Crippen molar-refractivity contribution >= 4 is 44.1 Å². The van der Waals surface area contributed by atoms with Crippen LogP contribution in [0.25, 0.3) is 10.2 Å². The third kappa shape index (κ3) is 2.48. The van der Waals surface area contributed by atoms with Crippen LogP contribution in [0, 0.1) is 11.3 Å². The highest BCUT2D eigenvalue weighted by molar-refractivity contribution is 7.98. The second-order valence-corrected chi connectivity index (χ2v) is 6.05. The fourth-order valence-corrected chi connectivity index (χ4v) is 3.32. The molecule has 0 saturated heterocycles. The molecule has 1 heterocycles. The maximum absolute atomic E-state index is 9.09. The molecule has 1 N–H and O–H groups in total. The summed E-state index contributed by atoms with van der Waals surface area (Å²) in [5.41, 5.74) is 2.39. The van der Waals surface area contributed by atoms with Gasteiger partial charge in [-0.25, -0.2) is 4.98 Å². The van der Waals surface area contributed by atoms with Crippen LogP contribution in [-0.2, 0) is 0 Å². The molecule has 2 aromatic carbocycles. The number of nitriles is 1. The lowest BCUT2D eigenvalue weighted by Gasteiger charge is -2.03. The molecule has 1 aromatic heterocycles. The first kappa shape index (κ1) is 13.0. The van der Waals surface area contributed by atoms with Gasteiger partial charge < -0.3 is 5.32 Å². The highest BCUT2D eigenvalue weighted by atomic mass is 32.2. The van der Waals surface area contributed by atoms with E-state index in [0.29, 0.717) is 5.56 Å². The minimum Gasteiger partial charge on any atom is -0.330 e. The number of benzene rings is 2. The van der Waals surface area contributed by atoms with Gasteiger partial charge in [0.15, 0.2) is 5.13 Å². The number of thioether (sulfide) groups is 1. The fourth-order valence-electron chi connectivity index (χ4n) is 1.89. The Hall–Kier alpha value is -2.03. The lowest BCUT2D eigenvalue weighted by Crippen LogP contribution is -1.92. The molecule has 0 bridgehead atoms. The summed E-state index contributed by atoms with van der Waals surface area (Å²) in [6.45, 7) is 0. The van der Waals surface area contributed by atoms with Gasteiger partial charge in [0, 0.05) is 4.90 Å². The van der Waals surface area contributed by atoms with Crippen molar-refractivity contribution in [2.24, 2.45) is 0 Å². The molecule has 0 aliphatic carbocycles. The first-order valence-electron chi connectivity index (χ1n) is 6.01. The molecule has 0 aliphatic rings. The van der Waals surface area contributed by atoms with Crippen LogP contribution in [0.1, 0.15) is 5.56 Å². The van der Waals surface area contributed by atoms with E-state index in [0.717, 1.165) is 21.0 Å². The topological polar surface area (TPSA) is 48.7 Å². The first-order chi connectivity index (χ1) is 9.80. The van der Waals surface area contributed by atoms with Crippen molar-refractivity contribution in [1.29, 1.82) is 5.26 Å². The normalized spacial score (nSPS) is 10.4. The number of fused-ring (bicyclic) bond motifs is 1. The van der Waals surface area contributed by atoms with E-state index in [1.165, 1.54) is 4.90 Å². The third-order valence-electron chi connectivity index (χ3n) is 2.88. The van der Waals surface area contributed by atoms with Gasteiger partial charge in [0.25, 0.3) is 0 Å². The Morgan fingerprint density at radius 2 is 2.10 bits per heavy atom. The number of para-hydroxylation sites is 1. The fraction of sp³-hybridized carbons (Fsp3) is 0.0667.